The van der Waals surface area contributed by atoms with E-state index in [1.54, 1.807) is 0 Å². The molecule has 0 amide bonds. The first-order valence-corrected chi connectivity index (χ1v) is 11.5. The molecule has 0 aliphatic carbocycles. The second-order valence-electron chi connectivity index (χ2n) is 8.14. The van der Waals surface area contributed by atoms with Gasteiger partial charge in [0.05, 0.1) is 11.1 Å². The topological polar surface area (TPSA) is 43.1 Å². The summed E-state index contributed by atoms with van der Waals surface area (Å²) in [6.45, 7) is 6.12. The number of hydrogen-bond acceptors (Lipinski definition) is 2. The van der Waals surface area contributed by atoms with Crippen LogP contribution in [0, 0.1) is 0 Å². The first-order chi connectivity index (χ1) is 16.4. The van der Waals surface area contributed by atoms with E-state index in [1.165, 1.54) is 0 Å². The van der Waals surface area contributed by atoms with Crippen LogP contribution in [0.1, 0.15) is 30.5 Å². The Morgan fingerprint density at radius 1 is 0.971 bits per heavy atom. The average Bonchev–Trinajstić information content (AvgIpc) is 3.18. The van der Waals surface area contributed by atoms with E-state index < -0.39 is 29.2 Å². The maximum Gasteiger partial charge on any atom is 0.416 e. The van der Waals surface area contributed by atoms with Gasteiger partial charge in [0, 0.05) is 35.4 Å². The normalized spacial score (nSPS) is 13.3. The second-order valence-corrected chi connectivity index (χ2v) is 8.55. The van der Waals surface area contributed by atoms with E-state index in [9.17, 15) is 26.3 Å². The highest BCUT2D eigenvalue weighted by atomic mass is 32.1. The number of rotatable bonds is 8. The van der Waals surface area contributed by atoms with E-state index in [1.807, 2.05) is 44.3 Å². The Labute approximate surface area is 204 Å². The number of aromatic nitrogens is 1. The number of alkyl halides is 6. The van der Waals surface area contributed by atoms with Gasteiger partial charge in [-0.2, -0.15) is 26.3 Å². The fraction of sp³-hybridized carbons (Fsp3) is 0.375. The van der Waals surface area contributed by atoms with Crippen molar-refractivity contribution in [3.63, 3.8) is 0 Å². The number of hydrogen-bond donors (Lipinski definition) is 3. The Hall–Kier alpha value is -2.79. The third-order valence-electron chi connectivity index (χ3n) is 5.69. The minimum Gasteiger partial charge on any atom is -0.361 e. The number of nitrogens with one attached hydrogen (secondary N) is 3. The lowest BCUT2D eigenvalue weighted by Crippen LogP contribution is -2.46. The van der Waals surface area contributed by atoms with Crippen LogP contribution in [0.5, 0.6) is 0 Å². The third kappa shape index (κ3) is 7.11. The van der Waals surface area contributed by atoms with E-state index >= 15 is 0 Å². The minimum atomic E-state index is -4.94. The van der Waals surface area contributed by atoms with E-state index in [0.717, 1.165) is 29.6 Å². The molecule has 0 fully saturated rings. The third-order valence-corrected chi connectivity index (χ3v) is 5.91. The van der Waals surface area contributed by atoms with E-state index in [-0.39, 0.29) is 17.2 Å². The summed E-state index contributed by atoms with van der Waals surface area (Å²) in [7, 11) is 0. The molecule has 0 aliphatic rings. The molecule has 2 aromatic carbocycles. The van der Waals surface area contributed by atoms with Gasteiger partial charge in [0.2, 0.25) is 0 Å². The van der Waals surface area contributed by atoms with Crippen molar-refractivity contribution in [3.05, 3.63) is 65.4 Å². The highest BCUT2D eigenvalue weighted by Gasteiger charge is 2.37. The van der Waals surface area contributed by atoms with Crippen LogP contribution >= 0.6 is 12.2 Å². The van der Waals surface area contributed by atoms with Crippen LogP contribution in [-0.4, -0.2) is 40.7 Å². The molecular weight excluding hydrogens is 490 g/mol. The van der Waals surface area contributed by atoms with Crippen molar-refractivity contribution in [2.24, 2.45) is 0 Å². The largest absolute Gasteiger partial charge is 0.416 e. The lowest BCUT2D eigenvalue weighted by atomic mass is 10.0. The number of anilines is 1. The second kappa shape index (κ2) is 10.9. The number of thiocarbonyl (C=S) groups is 1. The molecule has 3 rings (SSSR count). The van der Waals surface area contributed by atoms with Gasteiger partial charge in [-0.05, 0) is 61.6 Å². The first-order valence-electron chi connectivity index (χ1n) is 11.0. The monoisotopic (exact) mass is 516 g/mol. The van der Waals surface area contributed by atoms with Crippen molar-refractivity contribution >= 4 is 33.9 Å². The summed E-state index contributed by atoms with van der Waals surface area (Å²) in [5.41, 5.74) is -1.22. The number of likely N-dealkylation sites (N-methyl/N-ethyl adjacent to an activating group) is 1. The fourth-order valence-electron chi connectivity index (χ4n) is 3.90. The maximum atomic E-state index is 13.2. The molecule has 0 unspecified atom stereocenters. The molecule has 0 bridgehead atoms. The predicted octanol–water partition coefficient (Wildman–Crippen LogP) is 6.45. The molecule has 35 heavy (non-hydrogen) atoms. The molecule has 0 saturated carbocycles. The van der Waals surface area contributed by atoms with Gasteiger partial charge in [0.1, 0.15) is 0 Å². The van der Waals surface area contributed by atoms with E-state index in [0.29, 0.717) is 25.1 Å². The molecule has 1 heterocycles. The van der Waals surface area contributed by atoms with Crippen LogP contribution in [0.15, 0.2) is 48.7 Å². The summed E-state index contributed by atoms with van der Waals surface area (Å²) in [6.07, 6.45) is -7.44. The number of benzene rings is 2. The van der Waals surface area contributed by atoms with Crippen molar-refractivity contribution in [1.29, 1.82) is 0 Å². The number of aromatic amines is 1. The molecular formula is C24H26F6N4S. The zero-order valence-electron chi connectivity index (χ0n) is 19.1. The zero-order valence-corrected chi connectivity index (χ0v) is 20.0. The number of nitrogens with zero attached hydrogens (tertiary/aromatic N) is 1. The SMILES string of the molecule is CCN(CC)C[C@H](Cc1c[nH]c2ccccc12)NC(=S)Nc1cc(C(F)(F)F)cc(C(F)(F)F)c1. The van der Waals surface area contributed by atoms with Crippen molar-refractivity contribution in [3.8, 4) is 0 Å². The minimum absolute atomic E-state index is 0.0607. The molecule has 1 aromatic heterocycles. The Balaban J connectivity index is 1.83. The highest BCUT2D eigenvalue weighted by Crippen LogP contribution is 2.37. The summed E-state index contributed by atoms with van der Waals surface area (Å²) in [5, 5.41) is 6.58. The zero-order chi connectivity index (χ0) is 25.8. The Morgan fingerprint density at radius 2 is 1.57 bits per heavy atom. The standard InChI is InChI=1S/C24H26F6N4S/c1-3-34(4-2)14-19(9-15-13-31-21-8-6-5-7-20(15)21)33-22(35)32-18-11-16(23(25,26)27)10-17(12-18)24(28,29)30/h5-8,10-13,19,31H,3-4,9,14H2,1-2H3,(H2,32,33,35)/t19-/m0/s1. The lowest BCUT2D eigenvalue weighted by Gasteiger charge is -2.27. The summed E-state index contributed by atoms with van der Waals surface area (Å²) < 4.78 is 79.2. The van der Waals surface area contributed by atoms with Crippen molar-refractivity contribution in [1.82, 2.24) is 15.2 Å². The molecule has 0 saturated heterocycles. The molecule has 3 aromatic rings. The summed E-state index contributed by atoms with van der Waals surface area (Å²) in [6, 6.07) is 8.83. The van der Waals surface area contributed by atoms with E-state index in [2.05, 4.69) is 20.5 Å². The molecule has 4 nitrogen and oxygen atoms in total. The van der Waals surface area contributed by atoms with E-state index in [4.69, 9.17) is 12.2 Å². The van der Waals surface area contributed by atoms with Crippen molar-refractivity contribution in [2.45, 2.75) is 38.7 Å². The van der Waals surface area contributed by atoms with Crippen LogP contribution in [0.3, 0.4) is 0 Å². The van der Waals surface area contributed by atoms with Gasteiger partial charge in [-0.1, -0.05) is 32.0 Å². The maximum absolute atomic E-state index is 13.2. The Kier molecular flexibility index (Phi) is 8.32. The van der Waals surface area contributed by atoms with Crippen LogP contribution in [0.2, 0.25) is 0 Å². The van der Waals surface area contributed by atoms with Gasteiger partial charge < -0.3 is 20.5 Å². The molecule has 0 spiro atoms. The van der Waals surface area contributed by atoms with Gasteiger partial charge in [0.25, 0.3) is 0 Å². The number of fused-ring (bicyclic) bond motifs is 1. The van der Waals surface area contributed by atoms with Gasteiger partial charge in [0.15, 0.2) is 5.11 Å². The first kappa shape index (κ1) is 26.8. The molecule has 190 valence electrons. The number of para-hydroxylation sites is 1. The lowest BCUT2D eigenvalue weighted by molar-refractivity contribution is -0.143. The smallest absolute Gasteiger partial charge is 0.361 e. The molecule has 3 N–H and O–H groups in total. The summed E-state index contributed by atoms with van der Waals surface area (Å²) in [5.74, 6) is 0. The summed E-state index contributed by atoms with van der Waals surface area (Å²) >= 11 is 5.29. The van der Waals surface area contributed by atoms with Crippen molar-refractivity contribution < 1.29 is 26.3 Å². The molecule has 0 radical (unpaired) electrons. The molecule has 1 atom stereocenters. The fourth-order valence-corrected chi connectivity index (χ4v) is 4.18. The summed E-state index contributed by atoms with van der Waals surface area (Å²) in [4.78, 5) is 5.36. The van der Waals surface area contributed by atoms with Gasteiger partial charge in [-0.25, -0.2) is 0 Å². The van der Waals surface area contributed by atoms with Crippen LogP contribution in [0.25, 0.3) is 10.9 Å². The van der Waals surface area contributed by atoms with Crippen LogP contribution in [-0.2, 0) is 18.8 Å². The van der Waals surface area contributed by atoms with Crippen molar-refractivity contribution in [2.75, 3.05) is 25.0 Å². The van der Waals surface area contributed by atoms with Gasteiger partial charge in [-0.3, -0.25) is 0 Å². The average molecular weight is 517 g/mol. The highest BCUT2D eigenvalue weighted by molar-refractivity contribution is 7.80. The number of H-pyrrole nitrogens is 1. The van der Waals surface area contributed by atoms with Crippen LogP contribution < -0.4 is 10.6 Å². The Bertz CT molecular complexity index is 1120. The molecule has 0 aliphatic heterocycles. The quantitative estimate of drug-likeness (QED) is 0.238. The molecule has 11 heteroatoms. The predicted molar refractivity (Wildman–Crippen MR) is 129 cm³/mol. The van der Waals surface area contributed by atoms with Gasteiger partial charge in [-0.15, -0.1) is 0 Å². The number of halogens is 6. The van der Waals surface area contributed by atoms with Crippen LogP contribution in [0.4, 0.5) is 32.0 Å². The Morgan fingerprint density at radius 3 is 2.14 bits per heavy atom. The van der Waals surface area contributed by atoms with Gasteiger partial charge >= 0.3 is 12.4 Å².